The van der Waals surface area contributed by atoms with Crippen LogP contribution in [0.2, 0.25) is 0 Å². The van der Waals surface area contributed by atoms with Crippen molar-refractivity contribution in [1.29, 1.82) is 0 Å². The summed E-state index contributed by atoms with van der Waals surface area (Å²) in [5, 5.41) is 3.43. The molecule has 2 atom stereocenters. The van der Waals surface area contributed by atoms with Crippen LogP contribution < -0.4 is 5.32 Å². The molecule has 2 unspecified atom stereocenters. The van der Waals surface area contributed by atoms with Gasteiger partial charge in [0.1, 0.15) is 0 Å². The Morgan fingerprint density at radius 2 is 2.25 bits per heavy atom. The molecule has 0 spiro atoms. The highest BCUT2D eigenvalue weighted by molar-refractivity contribution is 4.74. The highest BCUT2D eigenvalue weighted by atomic mass is 16.5. The normalized spacial score (nSPS) is 30.5. The van der Waals surface area contributed by atoms with Crippen LogP contribution in [0.5, 0.6) is 0 Å². The lowest BCUT2D eigenvalue weighted by Crippen LogP contribution is -2.41. The van der Waals surface area contributed by atoms with Gasteiger partial charge in [-0.2, -0.15) is 0 Å². The first kappa shape index (κ1) is 10.0. The number of hydrogen-bond acceptors (Lipinski definition) is 2. The van der Waals surface area contributed by atoms with E-state index in [9.17, 15) is 0 Å². The first-order valence-electron chi connectivity index (χ1n) is 5.18. The summed E-state index contributed by atoms with van der Waals surface area (Å²) in [5.74, 6) is 0. The van der Waals surface area contributed by atoms with Crippen LogP contribution in [0.3, 0.4) is 0 Å². The van der Waals surface area contributed by atoms with Crippen molar-refractivity contribution in [2.45, 2.75) is 51.7 Å². The fourth-order valence-electron chi connectivity index (χ4n) is 1.51. The Bertz CT molecular complexity index is 108. The number of piperidine rings is 1. The maximum Gasteiger partial charge on any atom is 0.0700 e. The fourth-order valence-corrected chi connectivity index (χ4v) is 1.51. The molecule has 0 aromatic carbocycles. The van der Waals surface area contributed by atoms with E-state index in [4.69, 9.17) is 4.74 Å². The Morgan fingerprint density at radius 3 is 2.83 bits per heavy atom. The van der Waals surface area contributed by atoms with E-state index < -0.39 is 0 Å². The molecule has 1 aliphatic rings. The molecule has 1 saturated heterocycles. The molecule has 12 heavy (non-hydrogen) atoms. The first-order valence-corrected chi connectivity index (χ1v) is 5.18. The summed E-state index contributed by atoms with van der Waals surface area (Å²) >= 11 is 0. The lowest BCUT2D eigenvalue weighted by Gasteiger charge is -2.27. The highest BCUT2D eigenvalue weighted by Gasteiger charge is 2.16. The van der Waals surface area contributed by atoms with Crippen molar-refractivity contribution in [3.05, 3.63) is 0 Å². The standard InChI is InChI=1S/C10H21NO/c1-3-4-7-12-10-6-5-9(2)11-8-10/h9-11H,3-8H2,1-2H3. The van der Waals surface area contributed by atoms with E-state index in [1.807, 2.05) is 0 Å². The van der Waals surface area contributed by atoms with Crippen LogP contribution >= 0.6 is 0 Å². The quantitative estimate of drug-likeness (QED) is 0.653. The first-order chi connectivity index (χ1) is 5.83. The molecule has 1 aliphatic heterocycles. The lowest BCUT2D eigenvalue weighted by atomic mass is 10.0. The van der Waals surface area contributed by atoms with Gasteiger partial charge in [0.2, 0.25) is 0 Å². The third-order valence-corrected chi connectivity index (χ3v) is 2.47. The number of unbranched alkanes of at least 4 members (excludes halogenated alkanes) is 1. The van der Waals surface area contributed by atoms with Gasteiger partial charge in [0, 0.05) is 19.2 Å². The van der Waals surface area contributed by atoms with Gasteiger partial charge in [0.25, 0.3) is 0 Å². The summed E-state index contributed by atoms with van der Waals surface area (Å²) in [6.07, 6.45) is 5.41. The molecule has 1 N–H and O–H groups in total. The Balaban J connectivity index is 2.01. The molecule has 0 bridgehead atoms. The van der Waals surface area contributed by atoms with Crippen molar-refractivity contribution < 1.29 is 4.74 Å². The van der Waals surface area contributed by atoms with Crippen LogP contribution in [0, 0.1) is 0 Å². The van der Waals surface area contributed by atoms with Crippen LogP contribution in [-0.2, 0) is 4.74 Å². The predicted octanol–water partition coefficient (Wildman–Crippen LogP) is 1.94. The van der Waals surface area contributed by atoms with Gasteiger partial charge < -0.3 is 10.1 Å². The Kier molecular flexibility index (Phi) is 4.62. The third-order valence-electron chi connectivity index (χ3n) is 2.47. The summed E-state index contributed by atoms with van der Waals surface area (Å²) in [7, 11) is 0. The number of nitrogens with one attached hydrogen (secondary N) is 1. The zero-order valence-electron chi connectivity index (χ0n) is 8.31. The molecule has 0 aromatic rings. The van der Waals surface area contributed by atoms with Gasteiger partial charge in [-0.1, -0.05) is 13.3 Å². The summed E-state index contributed by atoms with van der Waals surface area (Å²) in [6.45, 7) is 6.43. The minimum Gasteiger partial charge on any atom is -0.377 e. The average Bonchev–Trinajstić information content (AvgIpc) is 2.09. The second kappa shape index (κ2) is 5.55. The molecule has 0 radical (unpaired) electrons. The summed E-state index contributed by atoms with van der Waals surface area (Å²) in [4.78, 5) is 0. The smallest absolute Gasteiger partial charge is 0.0700 e. The van der Waals surface area contributed by atoms with Gasteiger partial charge in [-0.3, -0.25) is 0 Å². The lowest BCUT2D eigenvalue weighted by molar-refractivity contribution is 0.0293. The maximum absolute atomic E-state index is 5.71. The van der Waals surface area contributed by atoms with Gasteiger partial charge in [0.05, 0.1) is 6.10 Å². The highest BCUT2D eigenvalue weighted by Crippen LogP contribution is 2.10. The van der Waals surface area contributed by atoms with Gasteiger partial charge in [-0.05, 0) is 26.2 Å². The minimum absolute atomic E-state index is 0.479. The van der Waals surface area contributed by atoms with E-state index >= 15 is 0 Å². The summed E-state index contributed by atoms with van der Waals surface area (Å²) < 4.78 is 5.71. The van der Waals surface area contributed by atoms with Crippen molar-refractivity contribution in [1.82, 2.24) is 5.32 Å². The number of ether oxygens (including phenoxy) is 1. The van der Waals surface area contributed by atoms with Crippen LogP contribution in [-0.4, -0.2) is 25.3 Å². The molecule has 1 rings (SSSR count). The van der Waals surface area contributed by atoms with Gasteiger partial charge in [0.15, 0.2) is 0 Å². The molecule has 1 fully saturated rings. The molecule has 0 aliphatic carbocycles. The molecular formula is C10H21NO. The molecule has 0 amide bonds. The van der Waals surface area contributed by atoms with Crippen molar-refractivity contribution in [2.75, 3.05) is 13.2 Å². The molecular weight excluding hydrogens is 150 g/mol. The SMILES string of the molecule is CCCCOC1CCC(C)NC1. The Labute approximate surface area is 75.7 Å². The zero-order chi connectivity index (χ0) is 8.81. The van der Waals surface area contributed by atoms with Crippen molar-refractivity contribution >= 4 is 0 Å². The van der Waals surface area contributed by atoms with Crippen molar-refractivity contribution in [3.8, 4) is 0 Å². The average molecular weight is 171 g/mol. The van der Waals surface area contributed by atoms with E-state index in [2.05, 4.69) is 19.2 Å². The topological polar surface area (TPSA) is 21.3 Å². The summed E-state index contributed by atoms with van der Waals surface area (Å²) in [5.41, 5.74) is 0. The second-order valence-corrected chi connectivity index (χ2v) is 3.73. The second-order valence-electron chi connectivity index (χ2n) is 3.73. The minimum atomic E-state index is 0.479. The largest absolute Gasteiger partial charge is 0.377 e. The van der Waals surface area contributed by atoms with Crippen LogP contribution in [0.25, 0.3) is 0 Å². The number of hydrogen-bond donors (Lipinski definition) is 1. The van der Waals surface area contributed by atoms with Crippen LogP contribution in [0.15, 0.2) is 0 Å². The van der Waals surface area contributed by atoms with E-state index in [-0.39, 0.29) is 0 Å². The van der Waals surface area contributed by atoms with Gasteiger partial charge >= 0.3 is 0 Å². The summed E-state index contributed by atoms with van der Waals surface area (Å²) in [6, 6.07) is 0.691. The molecule has 1 heterocycles. The van der Waals surface area contributed by atoms with Gasteiger partial charge in [-0.25, -0.2) is 0 Å². The van der Waals surface area contributed by atoms with Crippen LogP contribution in [0.1, 0.15) is 39.5 Å². The zero-order valence-corrected chi connectivity index (χ0v) is 8.31. The van der Waals surface area contributed by atoms with E-state index in [1.165, 1.54) is 25.7 Å². The van der Waals surface area contributed by atoms with E-state index in [0.29, 0.717) is 12.1 Å². The molecule has 2 nitrogen and oxygen atoms in total. The Morgan fingerprint density at radius 1 is 1.42 bits per heavy atom. The third kappa shape index (κ3) is 3.55. The van der Waals surface area contributed by atoms with Gasteiger partial charge in [-0.15, -0.1) is 0 Å². The van der Waals surface area contributed by atoms with Crippen LogP contribution in [0.4, 0.5) is 0 Å². The number of rotatable bonds is 4. The molecule has 0 saturated carbocycles. The molecule has 0 aromatic heterocycles. The Hall–Kier alpha value is -0.0800. The van der Waals surface area contributed by atoms with Crippen molar-refractivity contribution in [2.24, 2.45) is 0 Å². The van der Waals surface area contributed by atoms with E-state index in [1.54, 1.807) is 0 Å². The maximum atomic E-state index is 5.71. The monoisotopic (exact) mass is 171 g/mol. The molecule has 2 heteroatoms. The fraction of sp³-hybridized carbons (Fsp3) is 1.00. The predicted molar refractivity (Wildman–Crippen MR) is 51.3 cm³/mol. The van der Waals surface area contributed by atoms with E-state index in [0.717, 1.165) is 13.2 Å². The molecule has 72 valence electrons. The van der Waals surface area contributed by atoms with Crippen molar-refractivity contribution in [3.63, 3.8) is 0 Å².